The molecule has 0 radical (unpaired) electrons. The fourth-order valence-corrected chi connectivity index (χ4v) is 2.88. The summed E-state index contributed by atoms with van der Waals surface area (Å²) in [6.45, 7) is 3.70. The number of rotatable bonds is 3. The van der Waals surface area contributed by atoms with Crippen LogP contribution in [-0.2, 0) is 13.0 Å². The first kappa shape index (κ1) is 13.1. The Morgan fingerprint density at radius 2 is 2.05 bits per heavy atom. The summed E-state index contributed by atoms with van der Waals surface area (Å²) in [5, 5.41) is 3.35. The van der Waals surface area contributed by atoms with E-state index in [2.05, 4.69) is 30.4 Å². The lowest BCUT2D eigenvalue weighted by Gasteiger charge is -2.25. The highest BCUT2D eigenvalue weighted by molar-refractivity contribution is 6.01. The van der Waals surface area contributed by atoms with Gasteiger partial charge in [0.25, 0.3) is 0 Å². The lowest BCUT2D eigenvalue weighted by atomic mass is 9.85. The maximum absolute atomic E-state index is 12.8. The van der Waals surface area contributed by atoms with E-state index >= 15 is 0 Å². The summed E-state index contributed by atoms with van der Waals surface area (Å²) in [6, 6.07) is 16.3. The number of benzene rings is 2. The van der Waals surface area contributed by atoms with Crippen LogP contribution in [0.3, 0.4) is 0 Å². The minimum absolute atomic E-state index is 0.0629. The monoisotopic (exact) mass is 265 g/mol. The quantitative estimate of drug-likeness (QED) is 0.863. The highest BCUT2D eigenvalue weighted by Crippen LogP contribution is 2.27. The van der Waals surface area contributed by atoms with E-state index in [-0.39, 0.29) is 11.7 Å². The van der Waals surface area contributed by atoms with E-state index in [4.69, 9.17) is 0 Å². The van der Waals surface area contributed by atoms with Crippen molar-refractivity contribution in [3.05, 3.63) is 70.8 Å². The molecule has 3 rings (SSSR count). The van der Waals surface area contributed by atoms with Crippen LogP contribution in [-0.4, -0.2) is 12.3 Å². The number of aryl methyl sites for hydroxylation is 1. The number of hydrogen-bond donors (Lipinski definition) is 1. The lowest BCUT2D eigenvalue weighted by Crippen LogP contribution is -2.32. The largest absolute Gasteiger partial charge is 0.312 e. The van der Waals surface area contributed by atoms with Gasteiger partial charge in [-0.3, -0.25) is 4.79 Å². The van der Waals surface area contributed by atoms with Crippen molar-refractivity contribution in [1.82, 2.24) is 5.32 Å². The smallest absolute Gasteiger partial charge is 0.171 e. The molecule has 1 unspecified atom stereocenters. The van der Waals surface area contributed by atoms with Gasteiger partial charge in [-0.2, -0.15) is 0 Å². The molecular weight excluding hydrogens is 246 g/mol. The van der Waals surface area contributed by atoms with E-state index < -0.39 is 0 Å². The second-order valence-electron chi connectivity index (χ2n) is 5.30. The van der Waals surface area contributed by atoms with Crippen molar-refractivity contribution in [2.75, 3.05) is 6.54 Å². The van der Waals surface area contributed by atoms with Gasteiger partial charge in [0.15, 0.2) is 5.78 Å². The molecule has 0 spiro atoms. The van der Waals surface area contributed by atoms with Crippen LogP contribution in [0.4, 0.5) is 0 Å². The molecule has 1 N–H and O–H groups in total. The zero-order chi connectivity index (χ0) is 13.9. The van der Waals surface area contributed by atoms with Crippen LogP contribution in [0.25, 0.3) is 0 Å². The third-order valence-electron chi connectivity index (χ3n) is 4.03. The molecule has 1 aliphatic rings. The zero-order valence-corrected chi connectivity index (χ0v) is 11.7. The number of carbonyl (C=O) groups excluding carboxylic acids is 1. The average Bonchev–Trinajstić information content (AvgIpc) is 2.53. The molecule has 0 fully saturated rings. The Kier molecular flexibility index (Phi) is 3.66. The van der Waals surface area contributed by atoms with E-state index in [0.29, 0.717) is 0 Å². The predicted molar refractivity (Wildman–Crippen MR) is 81.0 cm³/mol. The second-order valence-corrected chi connectivity index (χ2v) is 5.30. The molecule has 102 valence electrons. The predicted octanol–water partition coefficient (Wildman–Crippen LogP) is 3.32. The first-order valence-electron chi connectivity index (χ1n) is 7.21. The fourth-order valence-electron chi connectivity index (χ4n) is 2.88. The highest BCUT2D eigenvalue weighted by Gasteiger charge is 2.26. The molecule has 0 amide bonds. The first-order chi connectivity index (χ1) is 9.79. The third kappa shape index (κ3) is 2.39. The van der Waals surface area contributed by atoms with Gasteiger partial charge in [-0.05, 0) is 29.2 Å². The van der Waals surface area contributed by atoms with E-state index in [1.54, 1.807) is 0 Å². The summed E-state index contributed by atoms with van der Waals surface area (Å²) in [6.07, 6.45) is 0.959. The van der Waals surface area contributed by atoms with Gasteiger partial charge < -0.3 is 5.32 Å². The number of fused-ring (bicyclic) bond motifs is 1. The van der Waals surface area contributed by atoms with Gasteiger partial charge in [0, 0.05) is 18.7 Å². The summed E-state index contributed by atoms with van der Waals surface area (Å²) in [7, 11) is 0. The molecule has 1 aliphatic heterocycles. The van der Waals surface area contributed by atoms with Crippen molar-refractivity contribution in [3.63, 3.8) is 0 Å². The minimum atomic E-state index is -0.0629. The number of ketones is 1. The highest BCUT2D eigenvalue weighted by atomic mass is 16.1. The average molecular weight is 265 g/mol. The van der Waals surface area contributed by atoms with Crippen LogP contribution in [0.5, 0.6) is 0 Å². The van der Waals surface area contributed by atoms with E-state index in [0.717, 1.165) is 25.1 Å². The normalized spacial score (nSPS) is 17.6. The van der Waals surface area contributed by atoms with Crippen molar-refractivity contribution >= 4 is 5.78 Å². The molecule has 1 atom stereocenters. The van der Waals surface area contributed by atoms with E-state index in [1.165, 1.54) is 16.7 Å². The Morgan fingerprint density at radius 3 is 2.90 bits per heavy atom. The van der Waals surface area contributed by atoms with Gasteiger partial charge in [-0.25, -0.2) is 0 Å². The summed E-state index contributed by atoms with van der Waals surface area (Å²) in [4.78, 5) is 12.8. The van der Waals surface area contributed by atoms with Crippen molar-refractivity contribution in [1.29, 1.82) is 0 Å². The van der Waals surface area contributed by atoms with Crippen molar-refractivity contribution in [2.24, 2.45) is 0 Å². The maximum atomic E-state index is 12.8. The Morgan fingerprint density at radius 1 is 1.20 bits per heavy atom. The maximum Gasteiger partial charge on any atom is 0.171 e. The number of nitrogens with one attached hydrogen (secondary N) is 1. The van der Waals surface area contributed by atoms with Gasteiger partial charge in [0.1, 0.15) is 0 Å². The van der Waals surface area contributed by atoms with Crippen molar-refractivity contribution in [3.8, 4) is 0 Å². The van der Waals surface area contributed by atoms with Gasteiger partial charge >= 0.3 is 0 Å². The molecule has 0 aromatic heterocycles. The molecule has 20 heavy (non-hydrogen) atoms. The first-order valence-corrected chi connectivity index (χ1v) is 7.21. The fraction of sp³-hybridized carbons (Fsp3) is 0.278. The molecule has 1 heterocycles. The van der Waals surface area contributed by atoms with Crippen LogP contribution in [0.15, 0.2) is 48.5 Å². The van der Waals surface area contributed by atoms with E-state index in [9.17, 15) is 4.79 Å². The summed E-state index contributed by atoms with van der Waals surface area (Å²) in [5.41, 5.74) is 4.46. The topological polar surface area (TPSA) is 29.1 Å². The van der Waals surface area contributed by atoms with Crippen LogP contribution in [0, 0.1) is 0 Å². The molecule has 2 aromatic rings. The van der Waals surface area contributed by atoms with Crippen LogP contribution in [0.2, 0.25) is 0 Å². The van der Waals surface area contributed by atoms with Crippen molar-refractivity contribution in [2.45, 2.75) is 25.8 Å². The van der Waals surface area contributed by atoms with Crippen molar-refractivity contribution < 1.29 is 4.79 Å². The second kappa shape index (κ2) is 5.59. The molecule has 2 heteroatoms. The van der Waals surface area contributed by atoms with Crippen LogP contribution >= 0.6 is 0 Å². The number of hydrogen-bond acceptors (Lipinski definition) is 2. The summed E-state index contributed by atoms with van der Waals surface area (Å²) < 4.78 is 0. The van der Waals surface area contributed by atoms with Crippen LogP contribution in [0.1, 0.15) is 39.9 Å². The number of carbonyl (C=O) groups is 1. The Bertz CT molecular complexity index is 633. The molecule has 2 nitrogen and oxygen atoms in total. The van der Waals surface area contributed by atoms with Gasteiger partial charge in [0.05, 0.1) is 5.92 Å². The van der Waals surface area contributed by atoms with Gasteiger partial charge in [-0.15, -0.1) is 0 Å². The molecular formula is C18H19NO. The lowest BCUT2D eigenvalue weighted by molar-refractivity contribution is 0.0955. The SMILES string of the molecule is CCc1cccc(C(=O)C2CNCc3ccccc32)c1. The van der Waals surface area contributed by atoms with E-state index in [1.807, 2.05) is 30.3 Å². The molecule has 2 aromatic carbocycles. The van der Waals surface area contributed by atoms with Crippen LogP contribution < -0.4 is 5.32 Å². The Labute approximate surface area is 119 Å². The molecule has 0 saturated heterocycles. The molecule has 0 aliphatic carbocycles. The number of Topliss-reactive ketones (excluding diaryl/α,β-unsaturated/α-hetero) is 1. The minimum Gasteiger partial charge on any atom is -0.312 e. The summed E-state index contributed by atoms with van der Waals surface area (Å²) >= 11 is 0. The van der Waals surface area contributed by atoms with Gasteiger partial charge in [-0.1, -0.05) is 49.4 Å². The molecule has 0 bridgehead atoms. The molecule has 0 saturated carbocycles. The zero-order valence-electron chi connectivity index (χ0n) is 11.7. The third-order valence-corrected chi connectivity index (χ3v) is 4.03. The Balaban J connectivity index is 1.95. The standard InChI is InChI=1S/C18H19NO/c1-2-13-6-5-8-14(10-13)18(20)17-12-19-11-15-7-3-4-9-16(15)17/h3-10,17,19H,2,11-12H2,1H3. The Hall–Kier alpha value is -1.93. The van der Waals surface area contributed by atoms with Gasteiger partial charge in [0.2, 0.25) is 0 Å². The summed E-state index contributed by atoms with van der Waals surface area (Å²) in [5.74, 6) is 0.159.